The molecule has 0 unspecified atom stereocenters. The van der Waals surface area contributed by atoms with Crippen LogP contribution in [0.15, 0.2) is 42.1 Å². The second kappa shape index (κ2) is 7.74. The molecule has 1 aromatic carbocycles. The van der Waals surface area contributed by atoms with E-state index in [1.54, 1.807) is 13.2 Å². The van der Waals surface area contributed by atoms with Gasteiger partial charge in [0, 0.05) is 18.2 Å². The minimum Gasteiger partial charge on any atom is -0.497 e. The van der Waals surface area contributed by atoms with Crippen molar-refractivity contribution in [3.05, 3.63) is 36.9 Å². The van der Waals surface area contributed by atoms with Crippen molar-refractivity contribution in [1.29, 1.82) is 0 Å². The Morgan fingerprint density at radius 1 is 1.44 bits per heavy atom. The van der Waals surface area contributed by atoms with Crippen LogP contribution in [0.1, 0.15) is 19.8 Å². The number of allylic oxidation sites excluding steroid dienone is 1. The molecule has 1 fully saturated rings. The van der Waals surface area contributed by atoms with E-state index in [4.69, 9.17) is 4.74 Å². The Hall–Kier alpha value is -2.28. The van der Waals surface area contributed by atoms with Crippen molar-refractivity contribution >= 4 is 17.7 Å². The number of hydrogen-bond donors (Lipinski definition) is 1. The molecule has 0 bridgehead atoms. The average Bonchev–Trinajstić information content (AvgIpc) is 3.36. The SMILES string of the molecule is C=CCn1c(S[C@H](C)C(=O)NC2CC2)nnc1-c1ccc(OC)cc1. The maximum Gasteiger partial charge on any atom is 0.233 e. The Bertz CT molecular complexity index is 753. The Morgan fingerprint density at radius 3 is 2.76 bits per heavy atom. The van der Waals surface area contributed by atoms with Crippen molar-refractivity contribution < 1.29 is 9.53 Å². The van der Waals surface area contributed by atoms with Gasteiger partial charge < -0.3 is 10.1 Å². The molecule has 1 heterocycles. The molecule has 1 atom stereocenters. The molecule has 6 nitrogen and oxygen atoms in total. The molecular formula is C18H22N4O2S. The number of methoxy groups -OCH3 is 1. The van der Waals surface area contributed by atoms with E-state index < -0.39 is 0 Å². The number of aromatic nitrogens is 3. The summed E-state index contributed by atoms with van der Waals surface area (Å²) in [6.45, 7) is 6.28. The Kier molecular flexibility index (Phi) is 5.43. The topological polar surface area (TPSA) is 69.0 Å². The van der Waals surface area contributed by atoms with Crippen LogP contribution < -0.4 is 10.1 Å². The summed E-state index contributed by atoms with van der Waals surface area (Å²) in [5, 5.41) is 12.1. The number of hydrogen-bond acceptors (Lipinski definition) is 5. The first-order valence-electron chi connectivity index (χ1n) is 8.28. The minimum absolute atomic E-state index is 0.0478. The van der Waals surface area contributed by atoms with Gasteiger partial charge in [-0.15, -0.1) is 16.8 Å². The number of nitrogens with one attached hydrogen (secondary N) is 1. The Balaban J connectivity index is 1.80. The summed E-state index contributed by atoms with van der Waals surface area (Å²) in [5.74, 6) is 1.59. The summed E-state index contributed by atoms with van der Waals surface area (Å²) in [6.07, 6.45) is 3.96. The van der Waals surface area contributed by atoms with E-state index in [1.165, 1.54) is 11.8 Å². The number of rotatable bonds is 8. The molecule has 1 amide bonds. The number of carbonyl (C=O) groups is 1. The summed E-state index contributed by atoms with van der Waals surface area (Å²) >= 11 is 1.42. The van der Waals surface area contributed by atoms with Crippen LogP contribution in [0.25, 0.3) is 11.4 Å². The molecule has 1 aliphatic rings. The van der Waals surface area contributed by atoms with Crippen LogP contribution in [0, 0.1) is 0 Å². The number of ether oxygens (including phenoxy) is 1. The average molecular weight is 358 g/mol. The third-order valence-corrected chi connectivity index (χ3v) is 5.03. The van der Waals surface area contributed by atoms with Crippen LogP contribution in [-0.2, 0) is 11.3 Å². The first-order valence-corrected chi connectivity index (χ1v) is 9.16. The second-order valence-electron chi connectivity index (χ2n) is 5.98. The van der Waals surface area contributed by atoms with E-state index in [-0.39, 0.29) is 11.2 Å². The highest BCUT2D eigenvalue weighted by molar-refractivity contribution is 8.00. The Labute approximate surface area is 151 Å². The maximum atomic E-state index is 12.2. The molecular weight excluding hydrogens is 336 g/mol. The quantitative estimate of drug-likeness (QED) is 0.580. The number of carbonyl (C=O) groups excluding carboxylic acids is 1. The predicted octanol–water partition coefficient (Wildman–Crippen LogP) is 2.90. The first-order chi connectivity index (χ1) is 12.1. The lowest BCUT2D eigenvalue weighted by Gasteiger charge is -2.12. The standard InChI is InChI=1S/C18H22N4O2S/c1-4-11-22-16(13-5-9-15(24-3)10-6-13)20-21-18(22)25-12(2)17(23)19-14-7-8-14/h4-6,9-10,12,14H,1,7-8,11H2,2-3H3,(H,19,23)/t12-/m1/s1. The van der Waals surface area contributed by atoms with Gasteiger partial charge >= 0.3 is 0 Å². The molecule has 1 aliphatic carbocycles. The van der Waals surface area contributed by atoms with Crippen LogP contribution in [0.3, 0.4) is 0 Å². The van der Waals surface area contributed by atoms with Gasteiger partial charge in [0.25, 0.3) is 0 Å². The van der Waals surface area contributed by atoms with Crippen molar-refractivity contribution in [2.45, 2.75) is 42.8 Å². The fourth-order valence-corrected chi connectivity index (χ4v) is 3.25. The highest BCUT2D eigenvalue weighted by Crippen LogP contribution is 2.28. The van der Waals surface area contributed by atoms with Crippen LogP contribution >= 0.6 is 11.8 Å². The first kappa shape index (κ1) is 17.5. The molecule has 1 N–H and O–H groups in total. The molecule has 1 aromatic heterocycles. The van der Waals surface area contributed by atoms with Gasteiger partial charge in [0.1, 0.15) is 5.75 Å². The smallest absolute Gasteiger partial charge is 0.233 e. The third-order valence-electron chi connectivity index (χ3n) is 3.95. The fourth-order valence-electron chi connectivity index (χ4n) is 2.38. The summed E-state index contributed by atoms with van der Waals surface area (Å²) in [4.78, 5) is 12.2. The summed E-state index contributed by atoms with van der Waals surface area (Å²) < 4.78 is 7.17. The van der Waals surface area contributed by atoms with Crippen LogP contribution in [0.2, 0.25) is 0 Å². The number of benzene rings is 1. The molecule has 2 aromatic rings. The number of thioether (sulfide) groups is 1. The van der Waals surface area contributed by atoms with Crippen molar-refractivity contribution in [3.63, 3.8) is 0 Å². The zero-order valence-corrected chi connectivity index (χ0v) is 15.3. The van der Waals surface area contributed by atoms with Gasteiger partial charge in [-0.1, -0.05) is 17.8 Å². The van der Waals surface area contributed by atoms with Crippen LogP contribution in [0.5, 0.6) is 5.75 Å². The lowest BCUT2D eigenvalue weighted by atomic mass is 10.2. The summed E-state index contributed by atoms with van der Waals surface area (Å²) in [5.41, 5.74) is 0.942. The molecule has 0 aliphatic heterocycles. The van der Waals surface area contributed by atoms with E-state index in [0.717, 1.165) is 30.0 Å². The van der Waals surface area contributed by atoms with Crippen molar-refractivity contribution in [2.75, 3.05) is 7.11 Å². The van der Waals surface area contributed by atoms with E-state index >= 15 is 0 Å². The highest BCUT2D eigenvalue weighted by atomic mass is 32.2. The zero-order valence-electron chi connectivity index (χ0n) is 14.4. The molecule has 0 saturated heterocycles. The number of nitrogens with zero attached hydrogens (tertiary/aromatic N) is 3. The lowest BCUT2D eigenvalue weighted by molar-refractivity contribution is -0.120. The summed E-state index contributed by atoms with van der Waals surface area (Å²) in [7, 11) is 1.64. The zero-order chi connectivity index (χ0) is 17.8. The highest BCUT2D eigenvalue weighted by Gasteiger charge is 2.27. The summed E-state index contributed by atoms with van der Waals surface area (Å²) in [6, 6.07) is 8.03. The van der Waals surface area contributed by atoms with Crippen LogP contribution in [-0.4, -0.2) is 39.1 Å². The van der Waals surface area contributed by atoms with E-state index in [9.17, 15) is 4.79 Å². The largest absolute Gasteiger partial charge is 0.497 e. The van der Waals surface area contributed by atoms with Crippen molar-refractivity contribution in [3.8, 4) is 17.1 Å². The molecule has 7 heteroatoms. The molecule has 3 rings (SSSR count). The second-order valence-corrected chi connectivity index (χ2v) is 7.28. The van der Waals surface area contributed by atoms with E-state index in [1.807, 2.05) is 35.8 Å². The van der Waals surface area contributed by atoms with Gasteiger partial charge in [0.2, 0.25) is 5.91 Å². The molecule has 1 saturated carbocycles. The van der Waals surface area contributed by atoms with E-state index in [0.29, 0.717) is 17.7 Å². The molecule has 0 spiro atoms. The molecule has 25 heavy (non-hydrogen) atoms. The fraction of sp³-hybridized carbons (Fsp3) is 0.389. The monoisotopic (exact) mass is 358 g/mol. The van der Waals surface area contributed by atoms with Gasteiger partial charge in [0.05, 0.1) is 12.4 Å². The maximum absolute atomic E-state index is 12.2. The van der Waals surface area contributed by atoms with Gasteiger partial charge in [-0.2, -0.15) is 0 Å². The van der Waals surface area contributed by atoms with Gasteiger partial charge in [-0.05, 0) is 44.0 Å². The van der Waals surface area contributed by atoms with Crippen LogP contribution in [0.4, 0.5) is 0 Å². The lowest BCUT2D eigenvalue weighted by Crippen LogP contribution is -2.32. The van der Waals surface area contributed by atoms with Gasteiger partial charge in [0.15, 0.2) is 11.0 Å². The Morgan fingerprint density at radius 2 is 2.16 bits per heavy atom. The molecule has 132 valence electrons. The molecule has 0 radical (unpaired) electrons. The van der Waals surface area contributed by atoms with Crippen molar-refractivity contribution in [1.82, 2.24) is 20.1 Å². The van der Waals surface area contributed by atoms with Gasteiger partial charge in [-0.3, -0.25) is 9.36 Å². The number of amides is 1. The van der Waals surface area contributed by atoms with E-state index in [2.05, 4.69) is 22.1 Å². The van der Waals surface area contributed by atoms with Crippen molar-refractivity contribution in [2.24, 2.45) is 0 Å². The normalized spacial score (nSPS) is 14.8. The predicted molar refractivity (Wildman–Crippen MR) is 98.7 cm³/mol. The third kappa shape index (κ3) is 4.22. The minimum atomic E-state index is -0.225. The van der Waals surface area contributed by atoms with Gasteiger partial charge in [-0.25, -0.2) is 0 Å².